The number of anilines is 1. The van der Waals surface area contributed by atoms with Crippen LogP contribution < -0.4 is 4.90 Å². The molecule has 0 saturated carbocycles. The van der Waals surface area contributed by atoms with Crippen molar-refractivity contribution < 1.29 is 22.8 Å². The maximum atomic E-state index is 12.0. The quantitative estimate of drug-likeness (QED) is 0.473. The summed E-state index contributed by atoms with van der Waals surface area (Å²) in [6.45, 7) is 3.24. The van der Waals surface area contributed by atoms with Crippen LogP contribution >= 0.6 is 22.9 Å². The Kier molecular flexibility index (Phi) is 5.06. The van der Waals surface area contributed by atoms with Gasteiger partial charge in [0.2, 0.25) is 0 Å². The molecule has 0 spiro atoms. The average Bonchev–Trinajstić information content (AvgIpc) is 2.71. The Bertz CT molecular complexity index is 556. The van der Waals surface area contributed by atoms with Gasteiger partial charge < -0.3 is 4.90 Å². The van der Waals surface area contributed by atoms with E-state index in [0.717, 1.165) is 11.3 Å². The molecular weight excluding hydrogens is 321 g/mol. The molecule has 0 radical (unpaired) electrons. The van der Waals surface area contributed by atoms with Gasteiger partial charge in [-0.15, -0.1) is 13.2 Å². The van der Waals surface area contributed by atoms with Gasteiger partial charge in [-0.2, -0.15) is 0 Å². The van der Waals surface area contributed by atoms with Gasteiger partial charge in [-0.1, -0.05) is 16.5 Å². The third-order valence-corrected chi connectivity index (χ3v) is 3.11. The van der Waals surface area contributed by atoms with E-state index >= 15 is 0 Å². The number of hydrogen-bond donors (Lipinski definition) is 0. The second-order valence-corrected chi connectivity index (χ2v) is 4.75. The number of rotatable bonds is 5. The predicted molar refractivity (Wildman–Crippen MR) is 70.2 cm³/mol. The summed E-state index contributed by atoms with van der Waals surface area (Å²) in [5.74, 6) is 0. The molecule has 0 N–H and O–H groups in total. The number of aromatic nitrogens is 1. The molecule has 1 rings (SSSR count). The SMILES string of the molecule is C=Nc1sc(N(C)C)nc1C(=NOC(F)(F)F)C(=O)Cl. The molecule has 110 valence electrons. The van der Waals surface area contributed by atoms with E-state index in [9.17, 15) is 18.0 Å². The highest BCUT2D eigenvalue weighted by molar-refractivity contribution is 7.19. The number of hydrogen-bond acceptors (Lipinski definition) is 7. The molecule has 0 aromatic carbocycles. The molecule has 0 aliphatic carbocycles. The van der Waals surface area contributed by atoms with Crippen LogP contribution in [0.4, 0.5) is 23.3 Å². The van der Waals surface area contributed by atoms with Gasteiger partial charge in [-0.3, -0.25) is 14.6 Å². The van der Waals surface area contributed by atoms with E-state index in [4.69, 9.17) is 11.6 Å². The molecule has 1 aromatic rings. The summed E-state index contributed by atoms with van der Waals surface area (Å²) in [7, 11) is 3.31. The van der Waals surface area contributed by atoms with E-state index in [-0.39, 0.29) is 10.7 Å². The predicted octanol–water partition coefficient (Wildman–Crippen LogP) is 2.55. The van der Waals surface area contributed by atoms with Gasteiger partial charge >= 0.3 is 6.36 Å². The normalized spacial score (nSPS) is 12.2. The molecule has 0 atom stereocenters. The Balaban J connectivity index is 3.28. The lowest BCUT2D eigenvalue weighted by molar-refractivity contribution is -0.325. The van der Waals surface area contributed by atoms with Gasteiger partial charge in [0, 0.05) is 14.1 Å². The summed E-state index contributed by atoms with van der Waals surface area (Å²) in [5.41, 5.74) is -1.02. The molecule has 1 aromatic heterocycles. The van der Waals surface area contributed by atoms with E-state index in [0.29, 0.717) is 5.13 Å². The van der Waals surface area contributed by atoms with Crippen LogP contribution in [0.2, 0.25) is 0 Å². The smallest absolute Gasteiger partial charge is 0.354 e. The molecule has 0 aliphatic heterocycles. The van der Waals surface area contributed by atoms with E-state index in [1.807, 2.05) is 0 Å². The molecule has 0 bridgehead atoms. The standard InChI is InChI=1S/C9H8ClF3N4O2S/c1-14-7-5(15-8(20-7)17(2)3)4(6(10)18)16-19-9(11,12)13/h1H2,2-3H3. The lowest BCUT2D eigenvalue weighted by Crippen LogP contribution is -2.16. The summed E-state index contributed by atoms with van der Waals surface area (Å²) in [6.07, 6.45) is -5.04. The maximum Gasteiger partial charge on any atom is 0.593 e. The second kappa shape index (κ2) is 6.18. The average molecular weight is 329 g/mol. The van der Waals surface area contributed by atoms with Crippen molar-refractivity contribution in [1.29, 1.82) is 0 Å². The van der Waals surface area contributed by atoms with E-state index in [1.165, 1.54) is 0 Å². The van der Waals surface area contributed by atoms with Crippen molar-refractivity contribution in [3.05, 3.63) is 5.69 Å². The lowest BCUT2D eigenvalue weighted by atomic mass is 10.3. The van der Waals surface area contributed by atoms with Crippen molar-refractivity contribution in [1.82, 2.24) is 4.98 Å². The first kappa shape index (κ1) is 16.4. The summed E-state index contributed by atoms with van der Waals surface area (Å²) < 4.78 is 35.9. The highest BCUT2D eigenvalue weighted by atomic mass is 35.5. The van der Waals surface area contributed by atoms with Crippen LogP contribution in [0.15, 0.2) is 10.1 Å². The van der Waals surface area contributed by atoms with E-state index in [1.54, 1.807) is 19.0 Å². The Hall–Kier alpha value is -1.68. The first-order valence-corrected chi connectivity index (χ1v) is 6.03. The first-order chi connectivity index (χ1) is 9.15. The Morgan fingerprint density at radius 1 is 1.50 bits per heavy atom. The van der Waals surface area contributed by atoms with Crippen molar-refractivity contribution in [3.8, 4) is 0 Å². The number of carbonyl (C=O) groups excluding carboxylic acids is 1. The number of aliphatic imine (C=N–C) groups is 1. The largest absolute Gasteiger partial charge is 0.593 e. The first-order valence-electron chi connectivity index (χ1n) is 4.83. The van der Waals surface area contributed by atoms with E-state index in [2.05, 4.69) is 26.7 Å². The summed E-state index contributed by atoms with van der Waals surface area (Å²) in [5, 5.41) is 1.93. The highest BCUT2D eigenvalue weighted by Gasteiger charge is 2.33. The topological polar surface area (TPSA) is 67.2 Å². The van der Waals surface area contributed by atoms with Crippen molar-refractivity contribution in [2.45, 2.75) is 6.36 Å². The number of nitrogens with zero attached hydrogens (tertiary/aromatic N) is 4. The molecule has 6 nitrogen and oxygen atoms in total. The second-order valence-electron chi connectivity index (χ2n) is 3.45. The van der Waals surface area contributed by atoms with Crippen LogP contribution in [0, 0.1) is 0 Å². The van der Waals surface area contributed by atoms with Gasteiger partial charge in [0.05, 0.1) is 0 Å². The van der Waals surface area contributed by atoms with Crippen molar-refractivity contribution >= 4 is 50.7 Å². The third kappa shape index (κ3) is 4.17. The zero-order chi connectivity index (χ0) is 15.5. The highest BCUT2D eigenvalue weighted by Crippen LogP contribution is 2.33. The van der Waals surface area contributed by atoms with Gasteiger partial charge in [0.15, 0.2) is 10.8 Å². The van der Waals surface area contributed by atoms with Crippen molar-refractivity contribution in [2.75, 3.05) is 19.0 Å². The fourth-order valence-corrected chi connectivity index (χ4v) is 1.94. The monoisotopic (exact) mass is 328 g/mol. The molecule has 11 heteroatoms. The van der Waals surface area contributed by atoms with Crippen LogP contribution in [0.3, 0.4) is 0 Å². The number of halogens is 4. The fraction of sp³-hybridized carbons (Fsp3) is 0.333. The molecule has 0 saturated heterocycles. The number of carbonyl (C=O) groups is 1. The van der Waals surface area contributed by atoms with Gasteiger partial charge in [0.25, 0.3) is 5.24 Å². The number of alkyl halides is 3. The number of thiazole rings is 1. The Morgan fingerprint density at radius 2 is 2.10 bits per heavy atom. The maximum absolute atomic E-state index is 12.0. The van der Waals surface area contributed by atoms with Crippen molar-refractivity contribution in [3.63, 3.8) is 0 Å². The molecule has 1 heterocycles. The molecular formula is C9H8ClF3N4O2S. The summed E-state index contributed by atoms with van der Waals surface area (Å²) >= 11 is 6.20. The van der Waals surface area contributed by atoms with E-state index < -0.39 is 17.3 Å². The summed E-state index contributed by atoms with van der Waals surface area (Å²) in [4.78, 5) is 23.5. The molecule has 20 heavy (non-hydrogen) atoms. The molecule has 0 amide bonds. The van der Waals surface area contributed by atoms with Crippen LogP contribution in [0.1, 0.15) is 5.69 Å². The minimum atomic E-state index is -5.04. The lowest BCUT2D eigenvalue weighted by Gasteiger charge is -2.05. The summed E-state index contributed by atoms with van der Waals surface area (Å²) in [6, 6.07) is 0. The van der Waals surface area contributed by atoms with Crippen LogP contribution in [0.25, 0.3) is 0 Å². The number of oxime groups is 1. The minimum Gasteiger partial charge on any atom is -0.354 e. The van der Waals surface area contributed by atoms with Gasteiger partial charge in [0.1, 0.15) is 10.7 Å². The zero-order valence-electron chi connectivity index (χ0n) is 10.2. The fourth-order valence-electron chi connectivity index (χ4n) is 1.02. The Labute approximate surface area is 120 Å². The minimum absolute atomic E-state index is 0.104. The van der Waals surface area contributed by atoms with Crippen molar-refractivity contribution in [2.24, 2.45) is 10.1 Å². The molecule has 0 aliphatic rings. The van der Waals surface area contributed by atoms with Gasteiger partial charge in [-0.25, -0.2) is 4.98 Å². The molecule has 0 unspecified atom stereocenters. The zero-order valence-corrected chi connectivity index (χ0v) is 11.8. The third-order valence-electron chi connectivity index (χ3n) is 1.78. The Morgan fingerprint density at radius 3 is 2.50 bits per heavy atom. The van der Waals surface area contributed by atoms with Gasteiger partial charge in [-0.05, 0) is 18.3 Å². The van der Waals surface area contributed by atoms with Crippen LogP contribution in [-0.4, -0.2) is 43.1 Å². The molecule has 0 fully saturated rings. The van der Waals surface area contributed by atoms with Crippen LogP contribution in [0.5, 0.6) is 0 Å². The van der Waals surface area contributed by atoms with Crippen LogP contribution in [-0.2, 0) is 9.63 Å².